The Hall–Kier alpha value is -1.92. The van der Waals surface area contributed by atoms with Gasteiger partial charge in [0.1, 0.15) is 6.04 Å². The first kappa shape index (κ1) is 20.8. The Morgan fingerprint density at radius 2 is 1.54 bits per heavy atom. The molecule has 1 aromatic rings. The molecule has 3 rings (SSSR count). The number of amides is 2. The van der Waals surface area contributed by atoms with Crippen molar-refractivity contribution >= 4 is 11.8 Å². The molecule has 0 radical (unpaired) electrons. The van der Waals surface area contributed by atoms with Gasteiger partial charge in [-0.2, -0.15) is 0 Å². The van der Waals surface area contributed by atoms with Gasteiger partial charge in [0.2, 0.25) is 11.8 Å². The van der Waals surface area contributed by atoms with Gasteiger partial charge in [-0.3, -0.25) is 19.4 Å². The van der Waals surface area contributed by atoms with Crippen molar-refractivity contribution in [2.75, 3.05) is 58.9 Å². The van der Waals surface area contributed by atoms with E-state index in [2.05, 4.69) is 21.9 Å². The first-order valence-corrected chi connectivity index (χ1v) is 10.7. The van der Waals surface area contributed by atoms with Gasteiger partial charge < -0.3 is 9.80 Å². The van der Waals surface area contributed by atoms with Crippen LogP contribution in [0.1, 0.15) is 38.3 Å². The van der Waals surface area contributed by atoms with Crippen molar-refractivity contribution in [2.24, 2.45) is 0 Å². The SMILES string of the molecule is CCN(CC)C(=O)C(c1ccccc1)N1CCN(CC(=O)N2CCCC2)CC1. The number of hydrogen-bond acceptors (Lipinski definition) is 4. The molecule has 0 spiro atoms. The van der Waals surface area contributed by atoms with Crippen molar-refractivity contribution in [3.05, 3.63) is 35.9 Å². The van der Waals surface area contributed by atoms with Crippen LogP contribution in [-0.4, -0.2) is 90.3 Å². The number of benzene rings is 1. The number of hydrogen-bond donors (Lipinski definition) is 0. The van der Waals surface area contributed by atoms with Crippen molar-refractivity contribution in [3.63, 3.8) is 0 Å². The zero-order valence-electron chi connectivity index (χ0n) is 17.3. The molecule has 2 amide bonds. The predicted molar refractivity (Wildman–Crippen MR) is 111 cm³/mol. The van der Waals surface area contributed by atoms with Gasteiger partial charge in [0, 0.05) is 52.4 Å². The highest BCUT2D eigenvalue weighted by Gasteiger charge is 2.33. The zero-order valence-corrected chi connectivity index (χ0v) is 17.3. The Morgan fingerprint density at radius 3 is 2.11 bits per heavy atom. The fourth-order valence-corrected chi connectivity index (χ4v) is 4.29. The molecular formula is C22H34N4O2. The van der Waals surface area contributed by atoms with E-state index in [0.29, 0.717) is 6.54 Å². The van der Waals surface area contributed by atoms with E-state index in [-0.39, 0.29) is 17.9 Å². The molecule has 2 aliphatic heterocycles. The third kappa shape index (κ3) is 4.92. The molecule has 6 heteroatoms. The second-order valence-electron chi connectivity index (χ2n) is 7.72. The molecule has 154 valence electrons. The van der Waals surface area contributed by atoms with Gasteiger partial charge in [0.05, 0.1) is 6.54 Å². The predicted octanol–water partition coefficient (Wildman–Crippen LogP) is 1.84. The van der Waals surface area contributed by atoms with Crippen LogP contribution in [0, 0.1) is 0 Å². The lowest BCUT2D eigenvalue weighted by atomic mass is 10.0. The highest BCUT2D eigenvalue weighted by Crippen LogP contribution is 2.25. The Balaban J connectivity index is 1.64. The highest BCUT2D eigenvalue weighted by molar-refractivity contribution is 5.83. The molecule has 2 aliphatic rings. The average Bonchev–Trinajstić information content (AvgIpc) is 3.26. The summed E-state index contributed by atoms with van der Waals surface area (Å²) in [6.07, 6.45) is 2.26. The third-order valence-electron chi connectivity index (χ3n) is 6.01. The van der Waals surface area contributed by atoms with Crippen LogP contribution < -0.4 is 0 Å². The molecule has 0 bridgehead atoms. The Morgan fingerprint density at radius 1 is 0.929 bits per heavy atom. The van der Waals surface area contributed by atoms with Crippen LogP contribution in [0.25, 0.3) is 0 Å². The smallest absolute Gasteiger partial charge is 0.244 e. The molecule has 1 unspecified atom stereocenters. The minimum Gasteiger partial charge on any atom is -0.342 e. The normalized spacial score (nSPS) is 19.6. The maximum Gasteiger partial charge on any atom is 0.244 e. The number of likely N-dealkylation sites (N-methyl/N-ethyl adjacent to an activating group) is 1. The van der Waals surface area contributed by atoms with Gasteiger partial charge in [0.15, 0.2) is 0 Å². The second-order valence-corrected chi connectivity index (χ2v) is 7.72. The van der Waals surface area contributed by atoms with Crippen LogP contribution in [0.2, 0.25) is 0 Å². The lowest BCUT2D eigenvalue weighted by Gasteiger charge is -2.40. The monoisotopic (exact) mass is 386 g/mol. The summed E-state index contributed by atoms with van der Waals surface area (Å²) in [6, 6.07) is 9.86. The van der Waals surface area contributed by atoms with E-state index < -0.39 is 0 Å². The van der Waals surface area contributed by atoms with Gasteiger partial charge in [-0.05, 0) is 32.3 Å². The molecule has 0 aromatic heterocycles. The molecule has 1 atom stereocenters. The largest absolute Gasteiger partial charge is 0.342 e. The van der Waals surface area contributed by atoms with Gasteiger partial charge >= 0.3 is 0 Å². The van der Waals surface area contributed by atoms with Crippen molar-refractivity contribution in [1.29, 1.82) is 0 Å². The summed E-state index contributed by atoms with van der Waals surface area (Å²) < 4.78 is 0. The topological polar surface area (TPSA) is 47.1 Å². The van der Waals surface area contributed by atoms with E-state index >= 15 is 0 Å². The van der Waals surface area contributed by atoms with Crippen LogP contribution in [-0.2, 0) is 9.59 Å². The van der Waals surface area contributed by atoms with Gasteiger partial charge in [-0.15, -0.1) is 0 Å². The van der Waals surface area contributed by atoms with Gasteiger partial charge in [-0.25, -0.2) is 0 Å². The fraction of sp³-hybridized carbons (Fsp3) is 0.636. The van der Waals surface area contributed by atoms with Crippen LogP contribution in [0.4, 0.5) is 0 Å². The van der Waals surface area contributed by atoms with Crippen molar-refractivity contribution in [3.8, 4) is 0 Å². The zero-order chi connectivity index (χ0) is 19.9. The summed E-state index contributed by atoms with van der Waals surface area (Å²) in [4.78, 5) is 34.1. The van der Waals surface area contributed by atoms with E-state index in [0.717, 1.165) is 70.8 Å². The Kier molecular flexibility index (Phi) is 7.45. The van der Waals surface area contributed by atoms with Gasteiger partial charge in [0.25, 0.3) is 0 Å². The molecule has 0 N–H and O–H groups in total. The molecule has 6 nitrogen and oxygen atoms in total. The summed E-state index contributed by atoms with van der Waals surface area (Å²) in [6.45, 7) is 11.1. The summed E-state index contributed by atoms with van der Waals surface area (Å²) in [5.41, 5.74) is 1.06. The quantitative estimate of drug-likeness (QED) is 0.717. The molecule has 0 aliphatic carbocycles. The molecule has 1 aromatic carbocycles. The number of carbonyl (C=O) groups is 2. The minimum absolute atomic E-state index is 0.179. The molecule has 28 heavy (non-hydrogen) atoms. The van der Waals surface area contributed by atoms with Crippen LogP contribution >= 0.6 is 0 Å². The average molecular weight is 387 g/mol. The lowest BCUT2D eigenvalue weighted by molar-refractivity contribution is -0.139. The summed E-state index contributed by atoms with van der Waals surface area (Å²) in [7, 11) is 0. The summed E-state index contributed by atoms with van der Waals surface area (Å²) in [5, 5.41) is 0. The fourth-order valence-electron chi connectivity index (χ4n) is 4.29. The maximum atomic E-state index is 13.2. The number of carbonyl (C=O) groups excluding carboxylic acids is 2. The highest BCUT2D eigenvalue weighted by atomic mass is 16.2. The molecular weight excluding hydrogens is 352 g/mol. The number of piperazine rings is 1. The van der Waals surface area contributed by atoms with Crippen molar-refractivity contribution in [2.45, 2.75) is 32.7 Å². The van der Waals surface area contributed by atoms with Crippen LogP contribution in [0.5, 0.6) is 0 Å². The number of rotatable bonds is 7. The standard InChI is InChI=1S/C22H34N4O2/c1-3-24(4-2)22(28)21(19-10-6-5-7-11-19)26-16-14-23(15-17-26)18-20(27)25-12-8-9-13-25/h5-7,10-11,21H,3-4,8-9,12-18H2,1-2H3. The first-order chi connectivity index (χ1) is 13.6. The van der Waals surface area contributed by atoms with E-state index in [1.54, 1.807) is 0 Å². The van der Waals surface area contributed by atoms with Crippen molar-refractivity contribution in [1.82, 2.24) is 19.6 Å². The van der Waals surface area contributed by atoms with Crippen molar-refractivity contribution < 1.29 is 9.59 Å². The van der Waals surface area contributed by atoms with Gasteiger partial charge in [-0.1, -0.05) is 30.3 Å². The Labute approximate surface area is 169 Å². The first-order valence-electron chi connectivity index (χ1n) is 10.7. The number of nitrogens with zero attached hydrogens (tertiary/aromatic N) is 4. The third-order valence-corrected chi connectivity index (χ3v) is 6.01. The number of likely N-dealkylation sites (tertiary alicyclic amines) is 1. The molecule has 0 saturated carbocycles. The minimum atomic E-state index is -0.238. The van der Waals surface area contributed by atoms with E-state index in [1.807, 2.05) is 41.8 Å². The second kappa shape index (κ2) is 10.0. The molecule has 2 saturated heterocycles. The Bertz CT molecular complexity index is 633. The molecule has 2 fully saturated rings. The van der Waals surface area contributed by atoms with E-state index in [1.165, 1.54) is 0 Å². The van der Waals surface area contributed by atoms with E-state index in [9.17, 15) is 9.59 Å². The van der Waals surface area contributed by atoms with Crippen LogP contribution in [0.3, 0.4) is 0 Å². The van der Waals surface area contributed by atoms with Crippen LogP contribution in [0.15, 0.2) is 30.3 Å². The lowest BCUT2D eigenvalue weighted by Crippen LogP contribution is -2.53. The maximum absolute atomic E-state index is 13.2. The summed E-state index contributed by atoms with van der Waals surface area (Å²) in [5.74, 6) is 0.433. The molecule has 2 heterocycles. The van der Waals surface area contributed by atoms with E-state index in [4.69, 9.17) is 0 Å². The summed E-state index contributed by atoms with van der Waals surface area (Å²) >= 11 is 0.